The van der Waals surface area contributed by atoms with Crippen LogP contribution in [0.15, 0.2) is 79.4 Å². The fourth-order valence-electron chi connectivity index (χ4n) is 2.85. The van der Waals surface area contributed by atoms with E-state index in [4.69, 9.17) is 0 Å². The number of hydrogen-bond acceptors (Lipinski definition) is 0. The highest BCUT2D eigenvalue weighted by Crippen LogP contribution is 2.31. The van der Waals surface area contributed by atoms with E-state index < -0.39 is 0 Å². The number of hydrogen-bond donors (Lipinski definition) is 0. The minimum Gasteiger partial charge on any atom is -0.102 e. The first-order chi connectivity index (χ1) is 10.7. The summed E-state index contributed by atoms with van der Waals surface area (Å²) in [5, 5.41) is 0. The van der Waals surface area contributed by atoms with Crippen LogP contribution in [0, 0.1) is 0 Å². The fourth-order valence-corrected chi connectivity index (χ4v) is 2.85. The predicted molar refractivity (Wildman–Crippen MR) is 97.9 cm³/mol. The molecule has 1 unspecified atom stereocenters. The van der Waals surface area contributed by atoms with Gasteiger partial charge in [-0.05, 0) is 36.0 Å². The predicted octanol–water partition coefficient (Wildman–Crippen LogP) is 6.40. The zero-order chi connectivity index (χ0) is 15.8. The van der Waals surface area contributed by atoms with Crippen LogP contribution in [0.3, 0.4) is 0 Å². The second-order valence-electron chi connectivity index (χ2n) is 5.98. The van der Waals surface area contributed by atoms with E-state index in [1.807, 2.05) is 0 Å². The molecule has 2 aromatic rings. The number of benzene rings is 2. The van der Waals surface area contributed by atoms with Crippen LogP contribution in [-0.2, 0) is 5.41 Å². The van der Waals surface area contributed by atoms with Crippen LogP contribution in [-0.4, -0.2) is 0 Å². The van der Waals surface area contributed by atoms with Gasteiger partial charge in [0, 0.05) is 5.41 Å². The lowest BCUT2D eigenvalue weighted by molar-refractivity contribution is 0.547. The van der Waals surface area contributed by atoms with Crippen LogP contribution in [0.1, 0.15) is 44.2 Å². The van der Waals surface area contributed by atoms with Crippen molar-refractivity contribution in [1.82, 2.24) is 0 Å². The molecule has 0 fully saturated rings. The first-order valence-corrected chi connectivity index (χ1v) is 8.13. The average molecular weight is 290 g/mol. The van der Waals surface area contributed by atoms with E-state index in [1.54, 1.807) is 0 Å². The van der Waals surface area contributed by atoms with Crippen LogP contribution >= 0.6 is 0 Å². The molecule has 0 saturated heterocycles. The van der Waals surface area contributed by atoms with E-state index >= 15 is 0 Å². The minimum atomic E-state index is 0.0350. The molecular weight excluding hydrogens is 264 g/mol. The van der Waals surface area contributed by atoms with Crippen LogP contribution in [0.25, 0.3) is 5.57 Å². The maximum absolute atomic E-state index is 4.06. The van der Waals surface area contributed by atoms with Crippen LogP contribution < -0.4 is 0 Å². The molecule has 0 amide bonds. The number of rotatable bonds is 7. The van der Waals surface area contributed by atoms with E-state index in [-0.39, 0.29) is 5.41 Å². The maximum atomic E-state index is 4.06. The Morgan fingerprint density at radius 3 is 2.14 bits per heavy atom. The van der Waals surface area contributed by atoms with Gasteiger partial charge in [0.05, 0.1) is 0 Å². The first kappa shape index (κ1) is 16.3. The highest BCUT2D eigenvalue weighted by Gasteiger charge is 2.21. The lowest BCUT2D eigenvalue weighted by Gasteiger charge is -2.26. The van der Waals surface area contributed by atoms with Crippen molar-refractivity contribution in [2.24, 2.45) is 0 Å². The summed E-state index contributed by atoms with van der Waals surface area (Å²) in [6, 6.07) is 21.3. The van der Waals surface area contributed by atoms with Gasteiger partial charge in [0.1, 0.15) is 0 Å². The molecule has 0 aliphatic heterocycles. The largest absolute Gasteiger partial charge is 0.102 e. The van der Waals surface area contributed by atoms with Gasteiger partial charge >= 0.3 is 0 Å². The van der Waals surface area contributed by atoms with Gasteiger partial charge in [0.2, 0.25) is 0 Å². The Bertz CT molecular complexity index is 607. The van der Waals surface area contributed by atoms with Crippen LogP contribution in [0.2, 0.25) is 0 Å². The second-order valence-corrected chi connectivity index (χ2v) is 5.98. The van der Waals surface area contributed by atoms with Gasteiger partial charge < -0.3 is 0 Å². The van der Waals surface area contributed by atoms with E-state index in [9.17, 15) is 0 Å². The summed E-state index contributed by atoms with van der Waals surface area (Å²) in [5.74, 6) is 0. The molecule has 0 nitrogen and oxygen atoms in total. The standard InChI is InChI=1S/C22H26/c1-4-19(20-13-8-6-9-14-20)15-12-18-22(3,5-2)21-16-10-7-11-17-21/h5-11,13-17H,2,4,12,18H2,1,3H3/b19-15-. The topological polar surface area (TPSA) is 0 Å². The van der Waals surface area contributed by atoms with Gasteiger partial charge in [-0.2, -0.15) is 0 Å². The quantitative estimate of drug-likeness (QED) is 0.517. The molecule has 1 atom stereocenters. The summed E-state index contributed by atoms with van der Waals surface area (Å²) < 4.78 is 0. The minimum absolute atomic E-state index is 0.0350. The highest BCUT2D eigenvalue weighted by atomic mass is 14.2. The van der Waals surface area contributed by atoms with E-state index in [1.165, 1.54) is 16.7 Å². The molecule has 0 bridgehead atoms. The zero-order valence-electron chi connectivity index (χ0n) is 13.8. The molecule has 2 rings (SSSR count). The highest BCUT2D eigenvalue weighted by molar-refractivity contribution is 5.65. The summed E-state index contributed by atoms with van der Waals surface area (Å²) in [5.41, 5.74) is 4.15. The zero-order valence-corrected chi connectivity index (χ0v) is 13.8. The molecule has 0 spiro atoms. The van der Waals surface area contributed by atoms with Crippen molar-refractivity contribution in [3.63, 3.8) is 0 Å². The van der Waals surface area contributed by atoms with Crippen LogP contribution in [0.5, 0.6) is 0 Å². The third kappa shape index (κ3) is 3.98. The molecule has 0 heteroatoms. The van der Waals surface area contributed by atoms with E-state index in [0.717, 1.165) is 19.3 Å². The van der Waals surface area contributed by atoms with Gasteiger partial charge in [-0.15, -0.1) is 6.58 Å². The van der Waals surface area contributed by atoms with Crippen molar-refractivity contribution < 1.29 is 0 Å². The van der Waals surface area contributed by atoms with E-state index in [0.29, 0.717) is 0 Å². The molecule has 22 heavy (non-hydrogen) atoms. The second kappa shape index (κ2) is 7.79. The molecule has 0 heterocycles. The molecule has 0 saturated carbocycles. The third-order valence-corrected chi connectivity index (χ3v) is 4.46. The molecular formula is C22H26. The smallest absolute Gasteiger partial charge is 0.0104 e. The molecule has 2 aromatic carbocycles. The summed E-state index contributed by atoms with van der Waals surface area (Å²) in [4.78, 5) is 0. The Labute approximate surface area is 135 Å². The molecule has 114 valence electrons. The third-order valence-electron chi connectivity index (χ3n) is 4.46. The lowest BCUT2D eigenvalue weighted by atomic mass is 9.78. The van der Waals surface area contributed by atoms with Crippen molar-refractivity contribution in [2.75, 3.05) is 0 Å². The summed E-state index contributed by atoms with van der Waals surface area (Å²) >= 11 is 0. The Kier molecular flexibility index (Phi) is 5.77. The molecule has 0 N–H and O–H groups in total. The average Bonchev–Trinajstić information content (AvgIpc) is 2.60. The molecule has 0 aromatic heterocycles. The Hall–Kier alpha value is -2.08. The Balaban J connectivity index is 2.10. The van der Waals surface area contributed by atoms with E-state index in [2.05, 4.69) is 93.2 Å². The van der Waals surface area contributed by atoms with Crippen molar-refractivity contribution in [3.05, 3.63) is 90.5 Å². The monoisotopic (exact) mass is 290 g/mol. The summed E-state index contributed by atoms with van der Waals surface area (Å²) in [6.07, 6.45) is 7.69. The summed E-state index contributed by atoms with van der Waals surface area (Å²) in [6.45, 7) is 8.56. The van der Waals surface area contributed by atoms with Crippen molar-refractivity contribution in [3.8, 4) is 0 Å². The van der Waals surface area contributed by atoms with Gasteiger partial charge in [0.25, 0.3) is 0 Å². The molecule has 0 radical (unpaired) electrons. The number of allylic oxidation sites excluding steroid dienone is 3. The van der Waals surface area contributed by atoms with Crippen LogP contribution in [0.4, 0.5) is 0 Å². The Morgan fingerprint density at radius 2 is 1.59 bits per heavy atom. The lowest BCUT2D eigenvalue weighted by Crippen LogP contribution is -2.18. The Morgan fingerprint density at radius 1 is 1.00 bits per heavy atom. The summed E-state index contributed by atoms with van der Waals surface area (Å²) in [7, 11) is 0. The maximum Gasteiger partial charge on any atom is 0.0104 e. The SMILES string of the molecule is C=CC(C)(CC/C=C(/CC)c1ccccc1)c1ccccc1. The van der Waals surface area contributed by atoms with Gasteiger partial charge in [-0.1, -0.05) is 86.7 Å². The van der Waals surface area contributed by atoms with Gasteiger partial charge in [-0.3, -0.25) is 0 Å². The van der Waals surface area contributed by atoms with Crippen molar-refractivity contribution in [1.29, 1.82) is 0 Å². The fraction of sp³-hybridized carbons (Fsp3) is 0.273. The normalized spacial score (nSPS) is 14.4. The first-order valence-electron chi connectivity index (χ1n) is 8.13. The van der Waals surface area contributed by atoms with Crippen molar-refractivity contribution in [2.45, 2.75) is 38.5 Å². The van der Waals surface area contributed by atoms with Gasteiger partial charge in [-0.25, -0.2) is 0 Å². The molecule has 0 aliphatic rings. The van der Waals surface area contributed by atoms with Crippen molar-refractivity contribution >= 4 is 5.57 Å². The van der Waals surface area contributed by atoms with Gasteiger partial charge in [0.15, 0.2) is 0 Å². The molecule has 0 aliphatic carbocycles.